The fourth-order valence-electron chi connectivity index (χ4n) is 4.03. The van der Waals surface area contributed by atoms with Crippen LogP contribution in [0.4, 0.5) is 0 Å². The zero-order valence-corrected chi connectivity index (χ0v) is 18.9. The molecule has 0 heteroatoms. The number of rotatable bonds is 18. The fourth-order valence-corrected chi connectivity index (χ4v) is 4.03. The summed E-state index contributed by atoms with van der Waals surface area (Å²) < 4.78 is 0. The third-order valence-electron chi connectivity index (χ3n) is 6.07. The molecule has 0 bridgehead atoms. The molecule has 3 unspecified atom stereocenters. The third-order valence-corrected chi connectivity index (χ3v) is 6.07. The van der Waals surface area contributed by atoms with Crippen molar-refractivity contribution in [3.8, 4) is 0 Å². The van der Waals surface area contributed by atoms with E-state index in [9.17, 15) is 0 Å². The van der Waals surface area contributed by atoms with Crippen LogP contribution >= 0.6 is 0 Å². The molecule has 0 fully saturated rings. The maximum Gasteiger partial charge on any atom is -0.0443 e. The second kappa shape index (κ2) is 17.4. The summed E-state index contributed by atoms with van der Waals surface area (Å²) in [7, 11) is 0. The highest BCUT2D eigenvalue weighted by atomic mass is 14.1. The van der Waals surface area contributed by atoms with Gasteiger partial charge in [0, 0.05) is 0 Å². The first kappa shape index (κ1) is 25.0. The summed E-state index contributed by atoms with van der Waals surface area (Å²) in [6, 6.07) is 0. The van der Waals surface area contributed by atoms with Gasteiger partial charge in [-0.2, -0.15) is 0 Å². The molecule has 0 saturated carbocycles. The largest absolute Gasteiger partial charge is 0.0654 e. The summed E-state index contributed by atoms with van der Waals surface area (Å²) in [6.07, 6.45) is 21.7. The molecule has 152 valence electrons. The van der Waals surface area contributed by atoms with Crippen LogP contribution in [0.25, 0.3) is 0 Å². The minimum absolute atomic E-state index is 0.881. The molecule has 0 radical (unpaired) electrons. The molecule has 3 atom stereocenters. The first-order valence-electron chi connectivity index (χ1n) is 12.0. The molecule has 0 aromatic heterocycles. The molecule has 25 heavy (non-hydrogen) atoms. The van der Waals surface area contributed by atoms with Crippen molar-refractivity contribution in [1.29, 1.82) is 0 Å². The zero-order valence-electron chi connectivity index (χ0n) is 18.9. The van der Waals surface area contributed by atoms with Gasteiger partial charge in [0.1, 0.15) is 0 Å². The molecule has 0 heterocycles. The Balaban J connectivity index is 3.44. The van der Waals surface area contributed by atoms with E-state index in [1.54, 1.807) is 0 Å². The third kappa shape index (κ3) is 18.6. The van der Waals surface area contributed by atoms with Crippen molar-refractivity contribution in [3.63, 3.8) is 0 Å². The summed E-state index contributed by atoms with van der Waals surface area (Å²) in [6.45, 7) is 14.4. The Morgan fingerprint density at radius 1 is 0.400 bits per heavy atom. The molecule has 0 aromatic rings. The molecule has 0 nitrogen and oxygen atoms in total. The molecule has 0 saturated heterocycles. The summed E-state index contributed by atoms with van der Waals surface area (Å²) in [5, 5.41) is 0. The quantitative estimate of drug-likeness (QED) is 0.215. The fraction of sp³-hybridized carbons (Fsp3) is 1.00. The van der Waals surface area contributed by atoms with Gasteiger partial charge in [-0.3, -0.25) is 0 Å². The van der Waals surface area contributed by atoms with E-state index >= 15 is 0 Å². The Labute approximate surface area is 161 Å². The zero-order chi connectivity index (χ0) is 18.9. The number of hydrogen-bond acceptors (Lipinski definition) is 0. The molecular weight excluding hydrogens is 300 g/mol. The predicted molar refractivity (Wildman–Crippen MR) is 117 cm³/mol. The van der Waals surface area contributed by atoms with Crippen LogP contribution < -0.4 is 0 Å². The maximum atomic E-state index is 2.48. The smallest absolute Gasteiger partial charge is 0.0443 e. The number of unbranched alkanes of at least 4 members (excludes halogenated alkanes) is 4. The van der Waals surface area contributed by atoms with Crippen molar-refractivity contribution in [1.82, 2.24) is 0 Å². The van der Waals surface area contributed by atoms with Gasteiger partial charge in [-0.25, -0.2) is 0 Å². The van der Waals surface area contributed by atoms with Crippen molar-refractivity contribution in [3.05, 3.63) is 0 Å². The Bertz CT molecular complexity index is 255. The van der Waals surface area contributed by atoms with Gasteiger partial charge < -0.3 is 0 Å². The molecule has 0 aliphatic rings. The summed E-state index contributed by atoms with van der Waals surface area (Å²) in [5.41, 5.74) is 0. The lowest BCUT2D eigenvalue weighted by molar-refractivity contribution is 0.377. The standard InChI is InChI=1S/C25H52/c1-7-8-9-10-16-23(4)17-11-12-18-24(5)20-14-21-25(6)19-13-15-22(2)3/h22-25H,7-21H2,1-6H3. The van der Waals surface area contributed by atoms with Crippen LogP contribution in [0.3, 0.4) is 0 Å². The number of hydrogen-bond donors (Lipinski definition) is 0. The summed E-state index contributed by atoms with van der Waals surface area (Å²) in [4.78, 5) is 0. The Morgan fingerprint density at radius 2 is 0.760 bits per heavy atom. The van der Waals surface area contributed by atoms with E-state index in [0.717, 1.165) is 23.7 Å². The van der Waals surface area contributed by atoms with Gasteiger partial charge in [-0.1, -0.05) is 138 Å². The predicted octanol–water partition coefficient (Wildman–Crippen LogP) is 9.42. The lowest BCUT2D eigenvalue weighted by Gasteiger charge is -2.15. The summed E-state index contributed by atoms with van der Waals surface area (Å²) in [5.74, 6) is 3.73. The summed E-state index contributed by atoms with van der Waals surface area (Å²) >= 11 is 0. The molecule has 0 aromatic carbocycles. The van der Waals surface area contributed by atoms with Crippen molar-refractivity contribution < 1.29 is 0 Å². The van der Waals surface area contributed by atoms with Crippen LogP contribution in [0.2, 0.25) is 0 Å². The first-order chi connectivity index (χ1) is 12.0. The van der Waals surface area contributed by atoms with Crippen LogP contribution in [0, 0.1) is 23.7 Å². The molecular formula is C25H52. The van der Waals surface area contributed by atoms with Gasteiger partial charge in [-0.15, -0.1) is 0 Å². The van der Waals surface area contributed by atoms with Crippen LogP contribution in [0.1, 0.15) is 138 Å². The van der Waals surface area contributed by atoms with Crippen molar-refractivity contribution in [2.24, 2.45) is 23.7 Å². The van der Waals surface area contributed by atoms with E-state index in [2.05, 4.69) is 41.5 Å². The van der Waals surface area contributed by atoms with Gasteiger partial charge >= 0.3 is 0 Å². The van der Waals surface area contributed by atoms with Gasteiger partial charge in [0.05, 0.1) is 0 Å². The average molecular weight is 353 g/mol. The van der Waals surface area contributed by atoms with Crippen molar-refractivity contribution >= 4 is 0 Å². The van der Waals surface area contributed by atoms with Crippen LogP contribution in [0.5, 0.6) is 0 Å². The second-order valence-electron chi connectivity index (χ2n) is 9.70. The molecule has 0 N–H and O–H groups in total. The minimum Gasteiger partial charge on any atom is -0.0654 e. The Hall–Kier alpha value is 0. The monoisotopic (exact) mass is 352 g/mol. The molecule has 0 amide bonds. The average Bonchev–Trinajstić information content (AvgIpc) is 2.55. The molecule has 0 aliphatic heterocycles. The minimum atomic E-state index is 0.881. The lowest BCUT2D eigenvalue weighted by atomic mass is 9.91. The van der Waals surface area contributed by atoms with E-state index < -0.39 is 0 Å². The van der Waals surface area contributed by atoms with Crippen molar-refractivity contribution in [2.45, 2.75) is 138 Å². The lowest BCUT2D eigenvalue weighted by Crippen LogP contribution is -2.01. The molecule has 0 rings (SSSR count). The van der Waals surface area contributed by atoms with E-state index in [0.29, 0.717) is 0 Å². The highest BCUT2D eigenvalue weighted by molar-refractivity contribution is 4.61. The SMILES string of the molecule is CCCCCCC(C)CCCCC(C)CCCC(C)CCCC(C)C. The Kier molecular flexibility index (Phi) is 17.4. The van der Waals surface area contributed by atoms with E-state index in [1.807, 2.05) is 0 Å². The first-order valence-corrected chi connectivity index (χ1v) is 12.0. The van der Waals surface area contributed by atoms with Gasteiger partial charge in [0.15, 0.2) is 0 Å². The Morgan fingerprint density at radius 3 is 1.16 bits per heavy atom. The van der Waals surface area contributed by atoms with Gasteiger partial charge in [-0.05, 0) is 23.7 Å². The van der Waals surface area contributed by atoms with E-state index in [4.69, 9.17) is 0 Å². The highest BCUT2D eigenvalue weighted by Crippen LogP contribution is 2.23. The highest BCUT2D eigenvalue weighted by Gasteiger charge is 2.07. The van der Waals surface area contributed by atoms with Crippen LogP contribution in [0.15, 0.2) is 0 Å². The van der Waals surface area contributed by atoms with E-state index in [-0.39, 0.29) is 0 Å². The van der Waals surface area contributed by atoms with E-state index in [1.165, 1.54) is 96.3 Å². The van der Waals surface area contributed by atoms with Gasteiger partial charge in [0.25, 0.3) is 0 Å². The van der Waals surface area contributed by atoms with Crippen LogP contribution in [-0.2, 0) is 0 Å². The van der Waals surface area contributed by atoms with Crippen LogP contribution in [-0.4, -0.2) is 0 Å². The second-order valence-corrected chi connectivity index (χ2v) is 9.70. The normalized spacial score (nSPS) is 15.5. The topological polar surface area (TPSA) is 0 Å². The molecule has 0 spiro atoms. The van der Waals surface area contributed by atoms with Crippen molar-refractivity contribution in [2.75, 3.05) is 0 Å². The van der Waals surface area contributed by atoms with Gasteiger partial charge in [0.2, 0.25) is 0 Å². The maximum absolute atomic E-state index is 2.48. The molecule has 0 aliphatic carbocycles.